The Morgan fingerprint density at radius 3 is 2.68 bits per heavy atom. The molecule has 0 aromatic carbocycles. The Kier molecular flexibility index (Phi) is 3.08. The maximum absolute atomic E-state index is 6.37. The Labute approximate surface area is 119 Å². The highest BCUT2D eigenvalue weighted by Gasteiger charge is 2.17. The standard InChI is InChI=1S/C14H13BrN4/c1-9-14(13(16)10-4-6-17-7-5-10)19-8-11(15)2-3-12(19)18-9/h2-8,13H,16H2,1H3. The molecule has 0 bridgehead atoms. The summed E-state index contributed by atoms with van der Waals surface area (Å²) in [6, 6.07) is 7.60. The van der Waals surface area contributed by atoms with E-state index in [0.29, 0.717) is 0 Å². The van der Waals surface area contributed by atoms with E-state index in [4.69, 9.17) is 5.73 Å². The number of aryl methyl sites for hydroxylation is 1. The first-order valence-corrected chi connectivity index (χ1v) is 6.76. The van der Waals surface area contributed by atoms with Crippen molar-refractivity contribution in [1.82, 2.24) is 14.4 Å². The predicted octanol–water partition coefficient (Wildman–Crippen LogP) is 2.85. The number of rotatable bonds is 2. The van der Waals surface area contributed by atoms with Crippen molar-refractivity contribution in [3.8, 4) is 0 Å². The molecule has 3 heterocycles. The molecule has 3 aromatic heterocycles. The summed E-state index contributed by atoms with van der Waals surface area (Å²) in [6.07, 6.45) is 5.50. The summed E-state index contributed by atoms with van der Waals surface area (Å²) in [7, 11) is 0. The molecule has 4 nitrogen and oxygen atoms in total. The molecule has 0 fully saturated rings. The van der Waals surface area contributed by atoms with Gasteiger partial charge >= 0.3 is 0 Å². The number of nitrogens with two attached hydrogens (primary N) is 1. The number of halogens is 1. The van der Waals surface area contributed by atoms with Crippen molar-refractivity contribution < 1.29 is 0 Å². The van der Waals surface area contributed by atoms with Gasteiger partial charge in [-0.2, -0.15) is 0 Å². The van der Waals surface area contributed by atoms with Gasteiger partial charge in [-0.25, -0.2) is 4.98 Å². The second-order valence-corrected chi connectivity index (χ2v) is 5.33. The van der Waals surface area contributed by atoms with E-state index >= 15 is 0 Å². The highest BCUT2D eigenvalue weighted by molar-refractivity contribution is 9.10. The van der Waals surface area contributed by atoms with Crippen molar-refractivity contribution in [2.45, 2.75) is 13.0 Å². The number of hydrogen-bond acceptors (Lipinski definition) is 3. The highest BCUT2D eigenvalue weighted by Crippen LogP contribution is 2.24. The molecular formula is C14H13BrN4. The Hall–Kier alpha value is -1.72. The summed E-state index contributed by atoms with van der Waals surface area (Å²) in [6.45, 7) is 1.98. The fourth-order valence-corrected chi connectivity index (χ4v) is 2.59. The van der Waals surface area contributed by atoms with E-state index in [9.17, 15) is 0 Å². The molecule has 1 unspecified atom stereocenters. The lowest BCUT2D eigenvalue weighted by Crippen LogP contribution is -2.15. The first kappa shape index (κ1) is 12.3. The largest absolute Gasteiger partial charge is 0.319 e. The van der Waals surface area contributed by atoms with Crippen molar-refractivity contribution in [1.29, 1.82) is 0 Å². The predicted molar refractivity (Wildman–Crippen MR) is 77.9 cm³/mol. The van der Waals surface area contributed by atoms with Crippen LogP contribution in [0.2, 0.25) is 0 Å². The van der Waals surface area contributed by atoms with Crippen molar-refractivity contribution in [3.63, 3.8) is 0 Å². The third-order valence-corrected chi connectivity index (χ3v) is 3.63. The topological polar surface area (TPSA) is 56.2 Å². The number of fused-ring (bicyclic) bond motifs is 1. The molecule has 0 radical (unpaired) electrons. The maximum Gasteiger partial charge on any atom is 0.137 e. The smallest absolute Gasteiger partial charge is 0.137 e. The molecule has 3 aromatic rings. The van der Waals surface area contributed by atoms with Gasteiger partial charge in [-0.05, 0) is 52.7 Å². The van der Waals surface area contributed by atoms with Gasteiger partial charge in [0, 0.05) is 23.1 Å². The normalized spacial score (nSPS) is 12.8. The molecule has 0 saturated heterocycles. The zero-order chi connectivity index (χ0) is 13.4. The molecule has 0 aliphatic heterocycles. The number of aromatic nitrogens is 3. The molecule has 0 saturated carbocycles. The van der Waals surface area contributed by atoms with Crippen LogP contribution in [0.3, 0.4) is 0 Å². The fourth-order valence-electron chi connectivity index (χ4n) is 2.26. The van der Waals surface area contributed by atoms with E-state index in [1.165, 1.54) is 0 Å². The molecule has 3 rings (SSSR count). The third kappa shape index (κ3) is 2.15. The van der Waals surface area contributed by atoms with Gasteiger partial charge in [-0.3, -0.25) is 4.98 Å². The minimum Gasteiger partial charge on any atom is -0.319 e. The number of imidazole rings is 1. The summed E-state index contributed by atoms with van der Waals surface area (Å²) in [5, 5.41) is 0. The van der Waals surface area contributed by atoms with Crippen LogP contribution in [0.5, 0.6) is 0 Å². The average molecular weight is 317 g/mol. The summed E-state index contributed by atoms with van der Waals surface area (Å²) < 4.78 is 3.03. The average Bonchev–Trinajstić information content (AvgIpc) is 2.74. The second-order valence-electron chi connectivity index (χ2n) is 4.42. The van der Waals surface area contributed by atoms with Crippen molar-refractivity contribution in [3.05, 3.63) is 64.3 Å². The Bertz CT molecular complexity index is 721. The molecule has 2 N–H and O–H groups in total. The van der Waals surface area contributed by atoms with Crippen LogP contribution in [0.1, 0.15) is 23.0 Å². The first-order valence-electron chi connectivity index (χ1n) is 5.96. The lowest BCUT2D eigenvalue weighted by Gasteiger charge is -2.13. The Balaban J connectivity index is 2.19. The van der Waals surface area contributed by atoms with E-state index in [1.54, 1.807) is 12.4 Å². The summed E-state index contributed by atoms with van der Waals surface area (Å²) in [5.74, 6) is 0. The quantitative estimate of drug-likeness (QED) is 0.791. The second kappa shape index (κ2) is 4.75. The van der Waals surface area contributed by atoms with Gasteiger partial charge in [0.15, 0.2) is 0 Å². The fraction of sp³-hybridized carbons (Fsp3) is 0.143. The number of pyridine rings is 2. The third-order valence-electron chi connectivity index (χ3n) is 3.16. The van der Waals surface area contributed by atoms with Crippen LogP contribution in [0.4, 0.5) is 0 Å². The van der Waals surface area contributed by atoms with Crippen LogP contribution >= 0.6 is 15.9 Å². The Morgan fingerprint density at radius 1 is 1.21 bits per heavy atom. The van der Waals surface area contributed by atoms with E-state index in [2.05, 4.69) is 25.9 Å². The van der Waals surface area contributed by atoms with Gasteiger partial charge in [-0.15, -0.1) is 0 Å². The van der Waals surface area contributed by atoms with Gasteiger partial charge in [0.05, 0.1) is 17.4 Å². The molecular weight excluding hydrogens is 304 g/mol. The SMILES string of the molecule is Cc1nc2ccc(Br)cn2c1C(N)c1ccncc1. The van der Waals surface area contributed by atoms with E-state index in [1.807, 2.05) is 41.8 Å². The Morgan fingerprint density at radius 2 is 1.95 bits per heavy atom. The zero-order valence-electron chi connectivity index (χ0n) is 10.4. The summed E-state index contributed by atoms with van der Waals surface area (Å²) in [4.78, 5) is 8.57. The molecule has 96 valence electrons. The summed E-state index contributed by atoms with van der Waals surface area (Å²) >= 11 is 3.48. The van der Waals surface area contributed by atoms with Gasteiger partial charge in [-0.1, -0.05) is 0 Å². The van der Waals surface area contributed by atoms with Crippen LogP contribution < -0.4 is 5.73 Å². The van der Waals surface area contributed by atoms with E-state index in [-0.39, 0.29) is 6.04 Å². The minimum absolute atomic E-state index is 0.215. The van der Waals surface area contributed by atoms with Crippen LogP contribution in [-0.2, 0) is 0 Å². The molecule has 0 amide bonds. The van der Waals surface area contributed by atoms with Crippen LogP contribution in [0.25, 0.3) is 5.65 Å². The van der Waals surface area contributed by atoms with Crippen molar-refractivity contribution in [2.24, 2.45) is 5.73 Å². The lowest BCUT2D eigenvalue weighted by molar-refractivity contribution is 0.802. The van der Waals surface area contributed by atoms with E-state index in [0.717, 1.165) is 27.1 Å². The van der Waals surface area contributed by atoms with Crippen LogP contribution in [-0.4, -0.2) is 14.4 Å². The van der Waals surface area contributed by atoms with Gasteiger partial charge < -0.3 is 10.1 Å². The molecule has 19 heavy (non-hydrogen) atoms. The number of hydrogen-bond donors (Lipinski definition) is 1. The monoisotopic (exact) mass is 316 g/mol. The molecule has 5 heteroatoms. The van der Waals surface area contributed by atoms with E-state index < -0.39 is 0 Å². The van der Waals surface area contributed by atoms with Gasteiger partial charge in [0.1, 0.15) is 5.65 Å². The molecule has 1 atom stereocenters. The first-order chi connectivity index (χ1) is 9.16. The maximum atomic E-state index is 6.37. The minimum atomic E-state index is -0.215. The number of nitrogens with zero attached hydrogens (tertiary/aromatic N) is 3. The lowest BCUT2D eigenvalue weighted by atomic mass is 10.1. The van der Waals surface area contributed by atoms with Crippen LogP contribution in [0, 0.1) is 6.92 Å². The summed E-state index contributed by atoms with van der Waals surface area (Å²) in [5.41, 5.74) is 10.3. The van der Waals surface area contributed by atoms with Gasteiger partial charge in [0.2, 0.25) is 0 Å². The van der Waals surface area contributed by atoms with Crippen molar-refractivity contribution >= 4 is 21.6 Å². The van der Waals surface area contributed by atoms with Crippen molar-refractivity contribution in [2.75, 3.05) is 0 Å². The van der Waals surface area contributed by atoms with Crippen LogP contribution in [0.15, 0.2) is 47.3 Å². The zero-order valence-corrected chi connectivity index (χ0v) is 12.0. The molecule has 0 aliphatic rings. The van der Waals surface area contributed by atoms with Gasteiger partial charge in [0.25, 0.3) is 0 Å². The molecule has 0 aliphatic carbocycles. The molecule has 0 spiro atoms. The highest BCUT2D eigenvalue weighted by atomic mass is 79.9.